The fourth-order valence-electron chi connectivity index (χ4n) is 1.71. The van der Waals surface area contributed by atoms with Gasteiger partial charge in [-0.05, 0) is 45.6 Å². The minimum Gasteiger partial charge on any atom is -0.244 e. The number of benzene rings is 1. The van der Waals surface area contributed by atoms with Gasteiger partial charge in [-0.15, -0.1) is 11.3 Å². The molecule has 0 aliphatic rings. The van der Waals surface area contributed by atoms with Crippen LogP contribution in [0.1, 0.15) is 5.56 Å². The van der Waals surface area contributed by atoms with Crippen molar-refractivity contribution in [3.8, 4) is 5.00 Å². The lowest BCUT2D eigenvalue weighted by atomic mass is 10.2. The number of hydrogen-bond acceptors (Lipinski definition) is 4. The molecule has 5 nitrogen and oxygen atoms in total. The Morgan fingerprint density at radius 1 is 1.21 bits per heavy atom. The molecular formula is C12H9ClN4OS. The van der Waals surface area contributed by atoms with E-state index in [4.69, 9.17) is 11.6 Å². The molecule has 2 aromatic heterocycles. The molecule has 19 heavy (non-hydrogen) atoms. The molecule has 96 valence electrons. The van der Waals surface area contributed by atoms with Crippen molar-refractivity contribution < 1.29 is 0 Å². The van der Waals surface area contributed by atoms with Gasteiger partial charge < -0.3 is 0 Å². The summed E-state index contributed by atoms with van der Waals surface area (Å²) in [6.07, 6.45) is 0. The maximum atomic E-state index is 12.1. The molecule has 0 unspecified atom stereocenters. The average molecular weight is 293 g/mol. The Bertz CT molecular complexity index is 747. The fourth-order valence-corrected chi connectivity index (χ4v) is 2.59. The molecule has 0 aliphatic carbocycles. The summed E-state index contributed by atoms with van der Waals surface area (Å²) >= 11 is 7.35. The average Bonchev–Trinajstić information content (AvgIpc) is 3.01. The number of aromatic nitrogens is 4. The van der Waals surface area contributed by atoms with Crippen LogP contribution in [-0.4, -0.2) is 19.8 Å². The van der Waals surface area contributed by atoms with E-state index in [1.807, 2.05) is 29.6 Å². The predicted molar refractivity (Wildman–Crippen MR) is 74.1 cm³/mol. The molecule has 0 N–H and O–H groups in total. The molecule has 0 fully saturated rings. The number of rotatable bonds is 3. The highest BCUT2D eigenvalue weighted by atomic mass is 35.5. The van der Waals surface area contributed by atoms with E-state index in [1.165, 1.54) is 20.7 Å². The third kappa shape index (κ3) is 2.45. The van der Waals surface area contributed by atoms with Crippen molar-refractivity contribution in [3.05, 3.63) is 62.8 Å². The van der Waals surface area contributed by atoms with Crippen molar-refractivity contribution in [2.45, 2.75) is 6.54 Å². The summed E-state index contributed by atoms with van der Waals surface area (Å²) in [6, 6.07) is 11.0. The van der Waals surface area contributed by atoms with Crippen molar-refractivity contribution in [3.63, 3.8) is 0 Å². The summed E-state index contributed by atoms with van der Waals surface area (Å²) in [7, 11) is 0. The molecule has 0 aliphatic heterocycles. The van der Waals surface area contributed by atoms with E-state index in [9.17, 15) is 4.79 Å². The van der Waals surface area contributed by atoms with E-state index in [1.54, 1.807) is 12.1 Å². The van der Waals surface area contributed by atoms with Gasteiger partial charge in [-0.2, -0.15) is 9.36 Å². The smallest absolute Gasteiger partial charge is 0.244 e. The number of halogens is 1. The summed E-state index contributed by atoms with van der Waals surface area (Å²) in [5.74, 6) is 0. The molecule has 3 aromatic rings. The number of thiophene rings is 1. The van der Waals surface area contributed by atoms with Gasteiger partial charge >= 0.3 is 5.69 Å². The number of tetrazole rings is 1. The SMILES string of the molecule is O=c1n(Cc2cccc(Cl)c2)nnn1-c1cccs1. The Morgan fingerprint density at radius 2 is 2.11 bits per heavy atom. The fraction of sp³-hybridized carbons (Fsp3) is 0.0833. The minimum atomic E-state index is -0.262. The summed E-state index contributed by atoms with van der Waals surface area (Å²) in [4.78, 5) is 12.1. The lowest BCUT2D eigenvalue weighted by Gasteiger charge is -1.99. The van der Waals surface area contributed by atoms with E-state index in [0.717, 1.165) is 10.6 Å². The quantitative estimate of drug-likeness (QED) is 0.743. The molecule has 0 amide bonds. The monoisotopic (exact) mass is 292 g/mol. The highest BCUT2D eigenvalue weighted by Gasteiger charge is 2.09. The van der Waals surface area contributed by atoms with E-state index in [0.29, 0.717) is 11.6 Å². The van der Waals surface area contributed by atoms with Crippen molar-refractivity contribution in [2.24, 2.45) is 0 Å². The standard InChI is InChI=1S/C12H9ClN4OS/c13-10-4-1-3-9(7-10)8-16-12(18)17(15-14-16)11-5-2-6-19-11/h1-7H,8H2. The van der Waals surface area contributed by atoms with Gasteiger partial charge in [0.05, 0.1) is 6.54 Å². The third-order valence-corrected chi connectivity index (χ3v) is 3.65. The van der Waals surface area contributed by atoms with Crippen LogP contribution >= 0.6 is 22.9 Å². The zero-order valence-corrected chi connectivity index (χ0v) is 11.3. The van der Waals surface area contributed by atoms with Crippen LogP contribution in [0.5, 0.6) is 0 Å². The van der Waals surface area contributed by atoms with E-state index in [2.05, 4.69) is 10.4 Å². The lowest BCUT2D eigenvalue weighted by Crippen LogP contribution is -2.24. The van der Waals surface area contributed by atoms with Crippen LogP contribution in [0.2, 0.25) is 5.02 Å². The molecule has 1 aromatic carbocycles. The van der Waals surface area contributed by atoms with E-state index >= 15 is 0 Å². The summed E-state index contributed by atoms with van der Waals surface area (Å²) in [5, 5.41) is 11.0. The largest absolute Gasteiger partial charge is 0.369 e. The zero-order chi connectivity index (χ0) is 13.2. The normalized spacial score (nSPS) is 10.8. The first-order valence-electron chi connectivity index (χ1n) is 5.55. The van der Waals surface area contributed by atoms with Gasteiger partial charge in [-0.3, -0.25) is 0 Å². The Hall–Kier alpha value is -1.92. The van der Waals surface area contributed by atoms with Crippen LogP contribution < -0.4 is 5.69 Å². The molecule has 0 bridgehead atoms. The second-order valence-corrected chi connectivity index (χ2v) is 5.27. The maximum absolute atomic E-state index is 12.1. The Labute approximate surface area is 117 Å². The molecule has 0 spiro atoms. The minimum absolute atomic E-state index is 0.262. The van der Waals surface area contributed by atoms with Gasteiger partial charge in [0.1, 0.15) is 5.00 Å². The van der Waals surface area contributed by atoms with Gasteiger partial charge in [0.25, 0.3) is 0 Å². The first-order valence-corrected chi connectivity index (χ1v) is 6.81. The van der Waals surface area contributed by atoms with Gasteiger partial charge in [0.2, 0.25) is 0 Å². The molecule has 0 saturated carbocycles. The first-order chi connectivity index (χ1) is 9.24. The van der Waals surface area contributed by atoms with Crippen LogP contribution in [0.3, 0.4) is 0 Å². The Balaban J connectivity index is 1.93. The van der Waals surface area contributed by atoms with E-state index in [-0.39, 0.29) is 5.69 Å². The summed E-state index contributed by atoms with van der Waals surface area (Å²) in [6.45, 7) is 0.352. The van der Waals surface area contributed by atoms with Gasteiger partial charge in [-0.1, -0.05) is 23.7 Å². The molecule has 0 radical (unpaired) electrons. The Morgan fingerprint density at radius 3 is 2.84 bits per heavy atom. The van der Waals surface area contributed by atoms with Crippen molar-refractivity contribution in [1.82, 2.24) is 19.8 Å². The topological polar surface area (TPSA) is 52.7 Å². The summed E-state index contributed by atoms with van der Waals surface area (Å²) in [5.41, 5.74) is 0.648. The second-order valence-electron chi connectivity index (χ2n) is 3.91. The molecule has 3 rings (SSSR count). The van der Waals surface area contributed by atoms with Crippen LogP contribution in [0.25, 0.3) is 5.00 Å². The lowest BCUT2D eigenvalue weighted by molar-refractivity contribution is 0.632. The molecular weight excluding hydrogens is 284 g/mol. The highest BCUT2D eigenvalue weighted by molar-refractivity contribution is 7.12. The van der Waals surface area contributed by atoms with Gasteiger partial charge in [-0.25, -0.2) is 4.79 Å². The second kappa shape index (κ2) is 4.99. The van der Waals surface area contributed by atoms with Gasteiger partial charge in [0.15, 0.2) is 0 Å². The predicted octanol–water partition coefficient (Wildman–Crippen LogP) is 2.19. The molecule has 0 saturated heterocycles. The van der Waals surface area contributed by atoms with E-state index < -0.39 is 0 Å². The highest BCUT2D eigenvalue weighted by Crippen LogP contribution is 2.12. The van der Waals surface area contributed by atoms with Crippen LogP contribution in [0, 0.1) is 0 Å². The summed E-state index contributed by atoms with van der Waals surface area (Å²) < 4.78 is 2.60. The number of nitrogens with zero attached hydrogens (tertiary/aromatic N) is 4. The Kier molecular flexibility index (Phi) is 3.18. The van der Waals surface area contributed by atoms with Crippen LogP contribution in [-0.2, 0) is 6.54 Å². The van der Waals surface area contributed by atoms with Crippen molar-refractivity contribution >= 4 is 22.9 Å². The molecule has 2 heterocycles. The van der Waals surface area contributed by atoms with Crippen LogP contribution in [0.15, 0.2) is 46.6 Å². The first kappa shape index (κ1) is 12.1. The third-order valence-electron chi connectivity index (χ3n) is 2.58. The molecule has 0 atom stereocenters. The van der Waals surface area contributed by atoms with Crippen LogP contribution in [0.4, 0.5) is 0 Å². The zero-order valence-electron chi connectivity index (χ0n) is 9.73. The molecule has 7 heteroatoms. The van der Waals surface area contributed by atoms with Crippen molar-refractivity contribution in [2.75, 3.05) is 0 Å². The maximum Gasteiger partial charge on any atom is 0.369 e. The number of hydrogen-bond donors (Lipinski definition) is 0. The van der Waals surface area contributed by atoms with Gasteiger partial charge in [0, 0.05) is 5.02 Å². The van der Waals surface area contributed by atoms with Crippen molar-refractivity contribution in [1.29, 1.82) is 0 Å².